The number of hydrogen-bond donors (Lipinski definition) is 0. The zero-order valence-electron chi connectivity index (χ0n) is 12.8. The van der Waals surface area contributed by atoms with Gasteiger partial charge in [-0.05, 0) is 12.0 Å². The molecule has 2 saturated heterocycles. The topological polar surface area (TPSA) is 38.8 Å². The molecule has 2 heterocycles. The number of rotatable bonds is 4. The van der Waals surface area contributed by atoms with Gasteiger partial charge in [-0.3, -0.25) is 4.79 Å². The van der Waals surface area contributed by atoms with E-state index in [1.807, 2.05) is 23.1 Å². The lowest BCUT2D eigenvalue weighted by atomic mass is 10.0. The average molecular weight is 321 g/mol. The van der Waals surface area contributed by atoms with Gasteiger partial charge < -0.3 is 14.4 Å². The van der Waals surface area contributed by atoms with E-state index in [2.05, 4.69) is 12.1 Å². The molecular formula is C17H23NO3S. The second kappa shape index (κ2) is 7.49. The molecule has 3 rings (SSSR count). The normalized spacial score (nSPS) is 21.0. The summed E-state index contributed by atoms with van der Waals surface area (Å²) in [5, 5.41) is 0. The van der Waals surface area contributed by atoms with Crippen molar-refractivity contribution in [3.05, 3.63) is 35.9 Å². The maximum Gasteiger partial charge on any atom is 0.232 e. The predicted molar refractivity (Wildman–Crippen MR) is 87.7 cm³/mol. The first-order chi connectivity index (χ1) is 10.8. The van der Waals surface area contributed by atoms with Crippen molar-refractivity contribution < 1.29 is 14.3 Å². The fourth-order valence-corrected chi connectivity index (χ4v) is 3.81. The van der Waals surface area contributed by atoms with Gasteiger partial charge in [-0.1, -0.05) is 30.3 Å². The van der Waals surface area contributed by atoms with Crippen molar-refractivity contribution in [1.29, 1.82) is 0 Å². The van der Waals surface area contributed by atoms with Crippen LogP contribution < -0.4 is 0 Å². The molecule has 0 atom stereocenters. The Morgan fingerprint density at radius 1 is 1.14 bits per heavy atom. The number of piperidine rings is 1. The summed E-state index contributed by atoms with van der Waals surface area (Å²) in [4.78, 5) is 14.2. The Hall–Kier alpha value is -1.04. The first-order valence-corrected chi connectivity index (χ1v) is 9.10. The van der Waals surface area contributed by atoms with Crippen LogP contribution in [0.4, 0.5) is 0 Å². The van der Waals surface area contributed by atoms with E-state index < -0.39 is 5.79 Å². The lowest BCUT2D eigenvalue weighted by molar-refractivity contribution is -0.282. The molecule has 2 aliphatic rings. The van der Waals surface area contributed by atoms with Crippen molar-refractivity contribution in [1.82, 2.24) is 4.90 Å². The molecule has 2 fully saturated rings. The fourth-order valence-electron chi connectivity index (χ4n) is 2.92. The van der Waals surface area contributed by atoms with Crippen molar-refractivity contribution in [3.8, 4) is 0 Å². The zero-order valence-corrected chi connectivity index (χ0v) is 13.6. The monoisotopic (exact) mass is 321 g/mol. The first kappa shape index (κ1) is 15.8. The van der Waals surface area contributed by atoms with Gasteiger partial charge in [0.25, 0.3) is 0 Å². The number of thioether (sulfide) groups is 1. The second-order valence-corrected chi connectivity index (χ2v) is 6.81. The Bertz CT molecular complexity index is 478. The summed E-state index contributed by atoms with van der Waals surface area (Å²) in [5.41, 5.74) is 1.27. The summed E-state index contributed by atoms with van der Waals surface area (Å²) in [6.45, 7) is 3.04. The SMILES string of the molecule is O=C(CSCc1ccccc1)N1CCC2(CC1)OCCCO2. The largest absolute Gasteiger partial charge is 0.350 e. The number of likely N-dealkylation sites (tertiary alicyclic amines) is 1. The highest BCUT2D eigenvalue weighted by Gasteiger charge is 2.39. The van der Waals surface area contributed by atoms with Gasteiger partial charge in [-0.2, -0.15) is 0 Å². The molecule has 0 N–H and O–H groups in total. The van der Waals surface area contributed by atoms with E-state index in [1.54, 1.807) is 11.8 Å². The van der Waals surface area contributed by atoms with Crippen LogP contribution in [0.3, 0.4) is 0 Å². The van der Waals surface area contributed by atoms with Crippen LogP contribution >= 0.6 is 11.8 Å². The number of nitrogens with zero attached hydrogens (tertiary/aromatic N) is 1. The van der Waals surface area contributed by atoms with E-state index in [0.717, 1.165) is 51.3 Å². The van der Waals surface area contributed by atoms with E-state index in [4.69, 9.17) is 9.47 Å². The highest BCUT2D eigenvalue weighted by Crippen LogP contribution is 2.31. The van der Waals surface area contributed by atoms with Gasteiger partial charge in [0.05, 0.1) is 19.0 Å². The van der Waals surface area contributed by atoms with Gasteiger partial charge in [-0.25, -0.2) is 0 Å². The van der Waals surface area contributed by atoms with Crippen LogP contribution in [0, 0.1) is 0 Å². The molecule has 5 heteroatoms. The third-order valence-electron chi connectivity index (χ3n) is 4.23. The van der Waals surface area contributed by atoms with Crippen molar-refractivity contribution in [2.24, 2.45) is 0 Å². The van der Waals surface area contributed by atoms with Gasteiger partial charge >= 0.3 is 0 Å². The number of ether oxygens (including phenoxy) is 2. The number of carbonyl (C=O) groups excluding carboxylic acids is 1. The van der Waals surface area contributed by atoms with Crippen molar-refractivity contribution in [3.63, 3.8) is 0 Å². The minimum Gasteiger partial charge on any atom is -0.350 e. The molecule has 0 unspecified atom stereocenters. The standard InChI is InChI=1S/C17H23NO3S/c19-16(14-22-13-15-5-2-1-3-6-15)18-9-7-17(8-10-18)20-11-4-12-21-17/h1-3,5-6H,4,7-14H2. The van der Waals surface area contributed by atoms with Gasteiger partial charge in [-0.15, -0.1) is 11.8 Å². The molecule has 120 valence electrons. The van der Waals surface area contributed by atoms with Gasteiger partial charge in [0.2, 0.25) is 5.91 Å². The Balaban J connectivity index is 1.40. The summed E-state index contributed by atoms with van der Waals surface area (Å²) in [7, 11) is 0. The zero-order chi connectivity index (χ0) is 15.3. The third kappa shape index (κ3) is 4.03. The van der Waals surface area contributed by atoms with Crippen LogP contribution in [0.1, 0.15) is 24.8 Å². The number of amides is 1. The van der Waals surface area contributed by atoms with Crippen LogP contribution in [0.5, 0.6) is 0 Å². The smallest absolute Gasteiger partial charge is 0.232 e. The molecule has 2 aliphatic heterocycles. The molecule has 1 amide bonds. The fraction of sp³-hybridized carbons (Fsp3) is 0.588. The average Bonchev–Trinajstić information content (AvgIpc) is 2.57. The van der Waals surface area contributed by atoms with E-state index in [0.29, 0.717) is 5.75 Å². The van der Waals surface area contributed by atoms with E-state index in [1.165, 1.54) is 5.56 Å². The summed E-state index contributed by atoms with van der Waals surface area (Å²) >= 11 is 1.68. The van der Waals surface area contributed by atoms with Crippen LogP contribution in [0.15, 0.2) is 30.3 Å². The highest BCUT2D eigenvalue weighted by atomic mass is 32.2. The van der Waals surface area contributed by atoms with Crippen molar-refractivity contribution in [2.45, 2.75) is 30.8 Å². The quantitative estimate of drug-likeness (QED) is 0.855. The molecule has 4 nitrogen and oxygen atoms in total. The molecule has 22 heavy (non-hydrogen) atoms. The minimum atomic E-state index is -0.411. The van der Waals surface area contributed by atoms with Crippen LogP contribution in [-0.4, -0.2) is 48.7 Å². The second-order valence-electron chi connectivity index (χ2n) is 5.82. The summed E-state index contributed by atoms with van der Waals surface area (Å²) in [6, 6.07) is 10.3. The molecule has 1 aromatic rings. The summed E-state index contributed by atoms with van der Waals surface area (Å²) in [5.74, 6) is 1.25. The number of benzene rings is 1. The Kier molecular flexibility index (Phi) is 5.39. The first-order valence-electron chi connectivity index (χ1n) is 7.95. The van der Waals surface area contributed by atoms with Crippen molar-refractivity contribution in [2.75, 3.05) is 32.1 Å². The summed E-state index contributed by atoms with van der Waals surface area (Å²) < 4.78 is 11.6. The molecule has 0 aliphatic carbocycles. The molecule has 0 aromatic heterocycles. The molecule has 1 spiro atoms. The summed E-state index contributed by atoms with van der Waals surface area (Å²) in [6.07, 6.45) is 2.56. The van der Waals surface area contributed by atoms with Gasteiger partial charge in [0.1, 0.15) is 0 Å². The van der Waals surface area contributed by atoms with Crippen LogP contribution in [-0.2, 0) is 20.0 Å². The molecule has 0 radical (unpaired) electrons. The lowest BCUT2D eigenvalue weighted by Crippen LogP contribution is -2.51. The van der Waals surface area contributed by atoms with Gasteiger partial charge in [0, 0.05) is 31.7 Å². The number of carbonyl (C=O) groups is 1. The molecular weight excluding hydrogens is 298 g/mol. The Labute approximate surface area is 136 Å². The highest BCUT2D eigenvalue weighted by molar-refractivity contribution is 7.99. The third-order valence-corrected chi connectivity index (χ3v) is 5.22. The number of hydrogen-bond acceptors (Lipinski definition) is 4. The van der Waals surface area contributed by atoms with Crippen molar-refractivity contribution >= 4 is 17.7 Å². The Morgan fingerprint density at radius 3 is 2.50 bits per heavy atom. The van der Waals surface area contributed by atoms with E-state index in [9.17, 15) is 4.79 Å². The maximum absolute atomic E-state index is 12.3. The lowest BCUT2D eigenvalue weighted by Gasteiger charge is -2.43. The van der Waals surface area contributed by atoms with E-state index in [-0.39, 0.29) is 5.91 Å². The van der Waals surface area contributed by atoms with Crippen LogP contribution in [0.25, 0.3) is 0 Å². The predicted octanol–water partition coefficient (Wildman–Crippen LogP) is 2.68. The molecule has 0 saturated carbocycles. The minimum absolute atomic E-state index is 0.228. The maximum atomic E-state index is 12.3. The molecule has 0 bridgehead atoms. The van der Waals surface area contributed by atoms with E-state index >= 15 is 0 Å². The Morgan fingerprint density at radius 2 is 1.82 bits per heavy atom. The molecule has 1 aromatic carbocycles. The van der Waals surface area contributed by atoms with Gasteiger partial charge in [0.15, 0.2) is 5.79 Å². The van der Waals surface area contributed by atoms with Crippen LogP contribution in [0.2, 0.25) is 0 Å².